The zero-order valence-electron chi connectivity index (χ0n) is 14.6. The first-order chi connectivity index (χ1) is 11.2. The Balaban J connectivity index is 0.00000288. The van der Waals surface area contributed by atoms with Gasteiger partial charge in [-0.25, -0.2) is 4.39 Å². The van der Waals surface area contributed by atoms with E-state index in [1.54, 1.807) is 0 Å². The number of nitrogens with zero attached hydrogens (tertiary/aromatic N) is 3. The van der Waals surface area contributed by atoms with Gasteiger partial charge in [-0.2, -0.15) is 0 Å². The molecule has 5 nitrogen and oxygen atoms in total. The summed E-state index contributed by atoms with van der Waals surface area (Å²) in [6.07, 6.45) is 0. The van der Waals surface area contributed by atoms with Gasteiger partial charge in [-0.15, -0.1) is 24.0 Å². The standard InChI is InChI=1S/C17H28FN5.HI/c1-3-19-17(20-4-2)21-9-10-22-11-13-23(14-12-22)16-7-5-15(18)6-8-16;/h5-8H,3-4,9-14H2,1-2H3,(H2,19,20,21);1H. The first-order valence-corrected chi connectivity index (χ1v) is 8.48. The third kappa shape index (κ3) is 6.80. The summed E-state index contributed by atoms with van der Waals surface area (Å²) in [5, 5.41) is 6.47. The van der Waals surface area contributed by atoms with Crippen LogP contribution < -0.4 is 15.5 Å². The number of nitrogens with one attached hydrogen (secondary N) is 2. The third-order valence-corrected chi connectivity index (χ3v) is 3.94. The maximum atomic E-state index is 13.0. The number of piperazine rings is 1. The summed E-state index contributed by atoms with van der Waals surface area (Å²) in [7, 11) is 0. The summed E-state index contributed by atoms with van der Waals surface area (Å²) < 4.78 is 13.0. The number of guanidine groups is 1. The van der Waals surface area contributed by atoms with Crippen LogP contribution in [-0.2, 0) is 0 Å². The summed E-state index contributed by atoms with van der Waals surface area (Å²) in [5.41, 5.74) is 1.10. The van der Waals surface area contributed by atoms with Gasteiger partial charge in [0.25, 0.3) is 0 Å². The number of anilines is 1. The molecule has 136 valence electrons. The minimum absolute atomic E-state index is 0. The van der Waals surface area contributed by atoms with Gasteiger partial charge in [0.2, 0.25) is 0 Å². The lowest BCUT2D eigenvalue weighted by molar-refractivity contribution is 0.265. The number of benzene rings is 1. The number of hydrogen-bond acceptors (Lipinski definition) is 3. The molecule has 1 heterocycles. The molecule has 0 aliphatic carbocycles. The van der Waals surface area contributed by atoms with Crippen molar-refractivity contribution >= 4 is 35.6 Å². The first kappa shape index (κ1) is 21.0. The van der Waals surface area contributed by atoms with Crippen LogP contribution in [0.4, 0.5) is 10.1 Å². The average Bonchev–Trinajstić information content (AvgIpc) is 2.57. The molecular formula is C17H29FIN5. The number of halogens is 2. The Morgan fingerprint density at radius 1 is 1.04 bits per heavy atom. The molecule has 2 N–H and O–H groups in total. The van der Waals surface area contributed by atoms with Gasteiger partial charge in [-0.3, -0.25) is 9.89 Å². The molecule has 1 aliphatic rings. The van der Waals surface area contributed by atoms with Crippen LogP contribution in [0.2, 0.25) is 0 Å². The molecular weight excluding hydrogens is 420 g/mol. The normalized spacial score (nSPS) is 14.7. The minimum Gasteiger partial charge on any atom is -0.369 e. The van der Waals surface area contributed by atoms with E-state index in [4.69, 9.17) is 0 Å². The van der Waals surface area contributed by atoms with Crippen LogP contribution in [0.15, 0.2) is 29.3 Å². The summed E-state index contributed by atoms with van der Waals surface area (Å²) in [4.78, 5) is 9.32. The molecule has 7 heteroatoms. The Hall–Kier alpha value is -1.09. The average molecular weight is 449 g/mol. The summed E-state index contributed by atoms with van der Waals surface area (Å²) in [6, 6.07) is 6.77. The third-order valence-electron chi connectivity index (χ3n) is 3.94. The highest BCUT2D eigenvalue weighted by atomic mass is 127. The molecule has 0 saturated carbocycles. The molecule has 1 fully saturated rings. The van der Waals surface area contributed by atoms with Crippen molar-refractivity contribution in [3.8, 4) is 0 Å². The second-order valence-corrected chi connectivity index (χ2v) is 5.60. The highest BCUT2D eigenvalue weighted by Gasteiger charge is 2.16. The second kappa shape index (κ2) is 11.5. The Kier molecular flexibility index (Phi) is 10.0. The second-order valence-electron chi connectivity index (χ2n) is 5.60. The quantitative estimate of drug-likeness (QED) is 0.397. The SMILES string of the molecule is CCNC(=NCCN1CCN(c2ccc(F)cc2)CC1)NCC.I. The highest BCUT2D eigenvalue weighted by molar-refractivity contribution is 14.0. The van der Waals surface area contributed by atoms with Gasteiger partial charge in [-0.1, -0.05) is 0 Å². The van der Waals surface area contributed by atoms with Gasteiger partial charge in [0, 0.05) is 51.5 Å². The number of rotatable bonds is 6. The van der Waals surface area contributed by atoms with Crippen molar-refractivity contribution in [3.05, 3.63) is 30.1 Å². The molecule has 2 rings (SSSR count). The minimum atomic E-state index is -0.178. The van der Waals surface area contributed by atoms with E-state index in [9.17, 15) is 4.39 Å². The van der Waals surface area contributed by atoms with Crippen molar-refractivity contribution in [2.45, 2.75) is 13.8 Å². The fourth-order valence-electron chi connectivity index (χ4n) is 2.69. The van der Waals surface area contributed by atoms with E-state index in [2.05, 4.69) is 39.3 Å². The largest absolute Gasteiger partial charge is 0.369 e. The van der Waals surface area contributed by atoms with Gasteiger partial charge in [-0.05, 0) is 38.1 Å². The zero-order valence-corrected chi connectivity index (χ0v) is 16.9. The highest BCUT2D eigenvalue weighted by Crippen LogP contribution is 2.16. The van der Waals surface area contributed by atoms with E-state index >= 15 is 0 Å². The molecule has 1 aromatic rings. The predicted molar refractivity (Wildman–Crippen MR) is 110 cm³/mol. The lowest BCUT2D eigenvalue weighted by Gasteiger charge is -2.35. The molecule has 0 bridgehead atoms. The Morgan fingerprint density at radius 3 is 2.17 bits per heavy atom. The Morgan fingerprint density at radius 2 is 1.62 bits per heavy atom. The maximum absolute atomic E-state index is 13.0. The fraction of sp³-hybridized carbons (Fsp3) is 0.588. The summed E-state index contributed by atoms with van der Waals surface area (Å²) in [6.45, 7) is 11.7. The molecule has 0 spiro atoms. The molecule has 1 aromatic carbocycles. The fourth-order valence-corrected chi connectivity index (χ4v) is 2.69. The van der Waals surface area contributed by atoms with Gasteiger partial charge in [0.05, 0.1) is 6.54 Å². The van der Waals surface area contributed by atoms with Crippen molar-refractivity contribution in [3.63, 3.8) is 0 Å². The smallest absolute Gasteiger partial charge is 0.191 e. The van der Waals surface area contributed by atoms with Crippen LogP contribution in [0.25, 0.3) is 0 Å². The summed E-state index contributed by atoms with van der Waals surface area (Å²) in [5.74, 6) is 0.711. The molecule has 0 atom stereocenters. The lowest BCUT2D eigenvalue weighted by atomic mass is 10.2. The number of hydrogen-bond donors (Lipinski definition) is 2. The van der Waals surface area contributed by atoms with Crippen LogP contribution in [0.1, 0.15) is 13.8 Å². The Bertz CT molecular complexity index is 478. The van der Waals surface area contributed by atoms with Crippen molar-refractivity contribution < 1.29 is 4.39 Å². The van der Waals surface area contributed by atoms with Gasteiger partial charge in [0.15, 0.2) is 5.96 Å². The first-order valence-electron chi connectivity index (χ1n) is 8.48. The number of aliphatic imine (C=N–C) groups is 1. The van der Waals surface area contributed by atoms with E-state index in [1.807, 2.05) is 12.1 Å². The van der Waals surface area contributed by atoms with Crippen LogP contribution >= 0.6 is 24.0 Å². The van der Waals surface area contributed by atoms with Crippen molar-refractivity contribution in [1.29, 1.82) is 0 Å². The topological polar surface area (TPSA) is 42.9 Å². The lowest BCUT2D eigenvalue weighted by Crippen LogP contribution is -2.47. The van der Waals surface area contributed by atoms with E-state index in [1.165, 1.54) is 12.1 Å². The van der Waals surface area contributed by atoms with Crippen molar-refractivity contribution in [2.24, 2.45) is 4.99 Å². The van der Waals surface area contributed by atoms with Crippen molar-refractivity contribution in [1.82, 2.24) is 15.5 Å². The van der Waals surface area contributed by atoms with Crippen LogP contribution in [0.5, 0.6) is 0 Å². The van der Waals surface area contributed by atoms with Crippen LogP contribution in [0, 0.1) is 5.82 Å². The Labute approximate surface area is 161 Å². The zero-order chi connectivity index (χ0) is 16.5. The maximum Gasteiger partial charge on any atom is 0.191 e. The molecule has 0 radical (unpaired) electrons. The van der Waals surface area contributed by atoms with E-state index < -0.39 is 0 Å². The van der Waals surface area contributed by atoms with Gasteiger partial charge in [0.1, 0.15) is 5.82 Å². The molecule has 1 aliphatic heterocycles. The van der Waals surface area contributed by atoms with E-state index in [0.29, 0.717) is 0 Å². The van der Waals surface area contributed by atoms with Gasteiger partial charge >= 0.3 is 0 Å². The molecule has 24 heavy (non-hydrogen) atoms. The molecule has 0 aromatic heterocycles. The molecule has 0 amide bonds. The predicted octanol–water partition coefficient (Wildman–Crippen LogP) is 2.14. The van der Waals surface area contributed by atoms with Crippen molar-refractivity contribution in [2.75, 3.05) is 57.3 Å². The van der Waals surface area contributed by atoms with Crippen LogP contribution in [-0.4, -0.2) is 63.2 Å². The van der Waals surface area contributed by atoms with Gasteiger partial charge < -0.3 is 15.5 Å². The molecule has 0 unspecified atom stereocenters. The van der Waals surface area contributed by atoms with Crippen LogP contribution in [0.3, 0.4) is 0 Å². The van der Waals surface area contributed by atoms with E-state index in [0.717, 1.165) is 64.0 Å². The summed E-state index contributed by atoms with van der Waals surface area (Å²) >= 11 is 0. The van der Waals surface area contributed by atoms with E-state index in [-0.39, 0.29) is 29.8 Å². The monoisotopic (exact) mass is 449 g/mol. The molecule has 1 saturated heterocycles.